The van der Waals surface area contributed by atoms with Gasteiger partial charge >= 0.3 is 5.97 Å². The molecule has 1 aromatic rings. The van der Waals surface area contributed by atoms with E-state index in [0.29, 0.717) is 16.9 Å². The van der Waals surface area contributed by atoms with Gasteiger partial charge in [0, 0.05) is 17.0 Å². The minimum absolute atomic E-state index is 0.289. The van der Waals surface area contributed by atoms with Crippen LogP contribution in [0.5, 0.6) is 0 Å². The van der Waals surface area contributed by atoms with Crippen LogP contribution in [0, 0.1) is 0 Å². The smallest absolute Gasteiger partial charge is 0.337 e. The van der Waals surface area contributed by atoms with Crippen LogP contribution in [0.1, 0.15) is 23.7 Å². The van der Waals surface area contributed by atoms with E-state index in [-0.39, 0.29) is 5.97 Å². The maximum absolute atomic E-state index is 11.4. The van der Waals surface area contributed by atoms with Gasteiger partial charge in [-0.1, -0.05) is 13.0 Å². The standard InChI is InChI=1S/C13H17NO2S/c1-9-12(6-7-17-9)14-11-5-3-4-10(8-11)13(15)16-2/h3-5,8-9,12,14H,6-7H2,1-2H3. The van der Waals surface area contributed by atoms with Crippen LogP contribution in [0.4, 0.5) is 5.69 Å². The molecule has 0 radical (unpaired) electrons. The average molecular weight is 251 g/mol. The van der Waals surface area contributed by atoms with E-state index in [9.17, 15) is 4.79 Å². The summed E-state index contributed by atoms with van der Waals surface area (Å²) in [6.07, 6.45) is 1.17. The highest BCUT2D eigenvalue weighted by molar-refractivity contribution is 8.00. The highest BCUT2D eigenvalue weighted by Gasteiger charge is 2.23. The minimum Gasteiger partial charge on any atom is -0.465 e. The van der Waals surface area contributed by atoms with Crippen LogP contribution in [-0.4, -0.2) is 30.1 Å². The molecular weight excluding hydrogens is 234 g/mol. The molecule has 92 valence electrons. The van der Waals surface area contributed by atoms with Crippen LogP contribution in [0.15, 0.2) is 24.3 Å². The summed E-state index contributed by atoms with van der Waals surface area (Å²) in [5.41, 5.74) is 1.59. The Hall–Kier alpha value is -1.16. The lowest BCUT2D eigenvalue weighted by molar-refractivity contribution is 0.0601. The number of thioether (sulfide) groups is 1. The van der Waals surface area contributed by atoms with Crippen molar-refractivity contribution in [1.82, 2.24) is 0 Å². The van der Waals surface area contributed by atoms with Gasteiger partial charge in [0.15, 0.2) is 0 Å². The van der Waals surface area contributed by atoms with Crippen LogP contribution in [0.2, 0.25) is 0 Å². The van der Waals surface area contributed by atoms with Crippen LogP contribution in [0.3, 0.4) is 0 Å². The van der Waals surface area contributed by atoms with E-state index in [1.54, 1.807) is 6.07 Å². The van der Waals surface area contributed by atoms with E-state index in [0.717, 1.165) is 5.69 Å². The van der Waals surface area contributed by atoms with Crippen molar-refractivity contribution in [3.8, 4) is 0 Å². The maximum atomic E-state index is 11.4. The second-order valence-corrected chi connectivity index (χ2v) is 5.67. The molecule has 1 aromatic carbocycles. The lowest BCUT2D eigenvalue weighted by Crippen LogP contribution is -2.24. The molecule has 0 aliphatic carbocycles. The molecule has 0 saturated carbocycles. The largest absolute Gasteiger partial charge is 0.465 e. The Morgan fingerprint density at radius 1 is 1.53 bits per heavy atom. The SMILES string of the molecule is COC(=O)c1cccc(NC2CCSC2C)c1. The number of methoxy groups -OCH3 is 1. The predicted molar refractivity (Wildman–Crippen MR) is 71.7 cm³/mol. The number of rotatable bonds is 3. The lowest BCUT2D eigenvalue weighted by atomic mass is 10.1. The molecule has 1 saturated heterocycles. The zero-order valence-electron chi connectivity index (χ0n) is 10.1. The quantitative estimate of drug-likeness (QED) is 0.838. The third kappa shape index (κ3) is 2.94. The Morgan fingerprint density at radius 3 is 3.00 bits per heavy atom. The first-order valence-corrected chi connectivity index (χ1v) is 6.82. The predicted octanol–water partition coefficient (Wildman–Crippen LogP) is 2.78. The van der Waals surface area contributed by atoms with Crippen molar-refractivity contribution in [2.75, 3.05) is 18.2 Å². The summed E-state index contributed by atoms with van der Waals surface area (Å²) in [6, 6.07) is 7.97. The molecular formula is C13H17NO2S. The van der Waals surface area contributed by atoms with Gasteiger partial charge in [-0.05, 0) is 30.4 Å². The van der Waals surface area contributed by atoms with Crippen molar-refractivity contribution in [1.29, 1.82) is 0 Å². The van der Waals surface area contributed by atoms with Gasteiger partial charge in [-0.25, -0.2) is 4.79 Å². The summed E-state index contributed by atoms with van der Waals surface area (Å²) >= 11 is 1.99. The van der Waals surface area contributed by atoms with Crippen molar-refractivity contribution in [2.45, 2.75) is 24.6 Å². The van der Waals surface area contributed by atoms with Crippen molar-refractivity contribution >= 4 is 23.4 Å². The summed E-state index contributed by atoms with van der Waals surface area (Å²) in [5.74, 6) is 0.915. The lowest BCUT2D eigenvalue weighted by Gasteiger charge is -2.18. The summed E-state index contributed by atoms with van der Waals surface area (Å²) < 4.78 is 4.71. The first kappa shape index (κ1) is 12.3. The zero-order chi connectivity index (χ0) is 12.3. The third-order valence-corrected chi connectivity index (χ3v) is 4.34. The molecule has 0 aromatic heterocycles. The second-order valence-electron chi connectivity index (χ2n) is 4.19. The fraction of sp³-hybridized carbons (Fsp3) is 0.462. The summed E-state index contributed by atoms with van der Waals surface area (Å²) in [5, 5.41) is 4.10. The van der Waals surface area contributed by atoms with Crippen LogP contribution in [-0.2, 0) is 4.74 Å². The average Bonchev–Trinajstić information content (AvgIpc) is 2.74. The van der Waals surface area contributed by atoms with E-state index >= 15 is 0 Å². The van der Waals surface area contributed by atoms with E-state index in [1.807, 2.05) is 30.0 Å². The number of anilines is 1. The van der Waals surface area contributed by atoms with Gasteiger partial charge in [0.25, 0.3) is 0 Å². The van der Waals surface area contributed by atoms with E-state index in [4.69, 9.17) is 4.74 Å². The highest BCUT2D eigenvalue weighted by Crippen LogP contribution is 2.29. The molecule has 1 aliphatic rings. The molecule has 0 spiro atoms. The van der Waals surface area contributed by atoms with Crippen molar-refractivity contribution < 1.29 is 9.53 Å². The van der Waals surface area contributed by atoms with Gasteiger partial charge in [0.1, 0.15) is 0 Å². The van der Waals surface area contributed by atoms with Crippen molar-refractivity contribution in [3.63, 3.8) is 0 Å². The summed E-state index contributed by atoms with van der Waals surface area (Å²) in [7, 11) is 1.40. The Morgan fingerprint density at radius 2 is 2.35 bits per heavy atom. The van der Waals surface area contributed by atoms with Gasteiger partial charge in [0.05, 0.1) is 12.7 Å². The number of carbonyl (C=O) groups excluding carboxylic acids is 1. The van der Waals surface area contributed by atoms with Crippen molar-refractivity contribution in [2.24, 2.45) is 0 Å². The number of ether oxygens (including phenoxy) is 1. The number of nitrogens with one attached hydrogen (secondary N) is 1. The summed E-state index contributed by atoms with van der Waals surface area (Å²) in [6.45, 7) is 2.24. The van der Waals surface area contributed by atoms with E-state index < -0.39 is 0 Å². The highest BCUT2D eigenvalue weighted by atomic mass is 32.2. The van der Waals surface area contributed by atoms with E-state index in [1.165, 1.54) is 19.3 Å². The molecule has 2 atom stereocenters. The molecule has 1 aliphatic heterocycles. The molecule has 1 fully saturated rings. The molecule has 1 N–H and O–H groups in total. The van der Waals surface area contributed by atoms with E-state index in [2.05, 4.69) is 12.2 Å². The van der Waals surface area contributed by atoms with Crippen molar-refractivity contribution in [3.05, 3.63) is 29.8 Å². The number of benzene rings is 1. The maximum Gasteiger partial charge on any atom is 0.337 e. The normalized spacial score (nSPS) is 23.4. The van der Waals surface area contributed by atoms with Crippen LogP contribution >= 0.6 is 11.8 Å². The fourth-order valence-corrected chi connectivity index (χ4v) is 3.19. The topological polar surface area (TPSA) is 38.3 Å². The monoisotopic (exact) mass is 251 g/mol. The Bertz CT molecular complexity index is 408. The van der Waals surface area contributed by atoms with Gasteiger partial charge < -0.3 is 10.1 Å². The third-order valence-electron chi connectivity index (χ3n) is 3.01. The Labute approximate surface area is 106 Å². The number of carbonyl (C=O) groups is 1. The molecule has 0 bridgehead atoms. The molecule has 3 nitrogen and oxygen atoms in total. The van der Waals surface area contributed by atoms with Gasteiger partial charge in [0.2, 0.25) is 0 Å². The molecule has 17 heavy (non-hydrogen) atoms. The fourth-order valence-electron chi connectivity index (χ4n) is 1.99. The number of esters is 1. The molecule has 4 heteroatoms. The number of hydrogen-bond acceptors (Lipinski definition) is 4. The first-order valence-electron chi connectivity index (χ1n) is 5.77. The number of hydrogen-bond donors (Lipinski definition) is 1. The molecule has 1 heterocycles. The van der Waals surface area contributed by atoms with Gasteiger partial charge in [-0.15, -0.1) is 0 Å². The molecule has 2 unspecified atom stereocenters. The van der Waals surface area contributed by atoms with Crippen LogP contribution in [0.25, 0.3) is 0 Å². The van der Waals surface area contributed by atoms with Gasteiger partial charge in [-0.3, -0.25) is 0 Å². The van der Waals surface area contributed by atoms with Gasteiger partial charge in [-0.2, -0.15) is 11.8 Å². The Kier molecular flexibility index (Phi) is 3.94. The second kappa shape index (κ2) is 5.45. The Balaban J connectivity index is 2.08. The molecule has 0 amide bonds. The summed E-state index contributed by atoms with van der Waals surface area (Å²) in [4.78, 5) is 11.4. The first-order chi connectivity index (χ1) is 8.20. The zero-order valence-corrected chi connectivity index (χ0v) is 10.9. The minimum atomic E-state index is -0.289. The van der Waals surface area contributed by atoms with Crippen LogP contribution < -0.4 is 5.32 Å². The molecule has 2 rings (SSSR count).